The molecule has 1 unspecified atom stereocenters. The highest BCUT2D eigenvalue weighted by molar-refractivity contribution is 4.79. The first-order valence-electron chi connectivity index (χ1n) is 4.05. The Kier molecular flexibility index (Phi) is 5.32. The predicted octanol–water partition coefficient (Wildman–Crippen LogP) is 2.33. The number of rotatable bonds is 4. The van der Waals surface area contributed by atoms with Crippen molar-refractivity contribution in [2.45, 2.75) is 39.7 Å². The van der Waals surface area contributed by atoms with Crippen molar-refractivity contribution in [3.8, 4) is 0 Å². The molecule has 0 rings (SSSR count). The Bertz CT molecular complexity index is 94.9. The number of hydrogen-bond acceptors (Lipinski definition) is 1. The lowest BCUT2D eigenvalue weighted by Gasteiger charge is -2.13. The molecule has 10 heavy (non-hydrogen) atoms. The molecule has 0 saturated heterocycles. The van der Waals surface area contributed by atoms with Gasteiger partial charge in [0.1, 0.15) is 0 Å². The molecule has 1 nitrogen and oxygen atoms in total. The van der Waals surface area contributed by atoms with Crippen molar-refractivity contribution < 1.29 is 0 Å². The summed E-state index contributed by atoms with van der Waals surface area (Å²) in [5.41, 5.74) is 5.82. The van der Waals surface area contributed by atoms with Crippen molar-refractivity contribution in [3.63, 3.8) is 0 Å². The third kappa shape index (κ3) is 4.57. The summed E-state index contributed by atoms with van der Waals surface area (Å²) in [6, 6.07) is 0.371. The van der Waals surface area contributed by atoms with Gasteiger partial charge in [-0.3, -0.25) is 0 Å². The number of nitrogens with two attached hydrogens (primary N) is 1. The molecule has 1 atom stereocenters. The van der Waals surface area contributed by atoms with Gasteiger partial charge in [-0.1, -0.05) is 26.0 Å². The Hall–Kier alpha value is -0.300. The van der Waals surface area contributed by atoms with Gasteiger partial charge in [-0.05, 0) is 25.7 Å². The molecule has 0 bridgehead atoms. The lowest BCUT2D eigenvalue weighted by atomic mass is 10.0. The minimum Gasteiger partial charge on any atom is -0.327 e. The van der Waals surface area contributed by atoms with E-state index in [1.165, 1.54) is 0 Å². The lowest BCUT2D eigenvalue weighted by molar-refractivity contribution is 0.467. The molecule has 0 aromatic carbocycles. The predicted molar refractivity (Wildman–Crippen MR) is 46.9 cm³/mol. The lowest BCUT2D eigenvalue weighted by Crippen LogP contribution is -2.25. The molecule has 0 spiro atoms. The molecule has 60 valence electrons. The topological polar surface area (TPSA) is 26.0 Å². The van der Waals surface area contributed by atoms with Gasteiger partial charge in [0.2, 0.25) is 0 Å². The second kappa shape index (κ2) is 5.48. The Morgan fingerprint density at radius 1 is 1.40 bits per heavy atom. The maximum atomic E-state index is 5.82. The van der Waals surface area contributed by atoms with E-state index in [9.17, 15) is 0 Å². The van der Waals surface area contributed by atoms with Gasteiger partial charge < -0.3 is 5.73 Å². The summed E-state index contributed by atoms with van der Waals surface area (Å²) in [5, 5.41) is 0. The van der Waals surface area contributed by atoms with Gasteiger partial charge in [-0.2, -0.15) is 0 Å². The van der Waals surface area contributed by atoms with E-state index in [-0.39, 0.29) is 0 Å². The summed E-state index contributed by atoms with van der Waals surface area (Å²) in [6.07, 6.45) is 6.48. The summed E-state index contributed by atoms with van der Waals surface area (Å²) < 4.78 is 0. The monoisotopic (exact) mass is 141 g/mol. The summed E-state index contributed by atoms with van der Waals surface area (Å²) >= 11 is 0. The highest BCUT2D eigenvalue weighted by Gasteiger charge is 2.04. The van der Waals surface area contributed by atoms with Crippen LogP contribution in [0.3, 0.4) is 0 Å². The highest BCUT2D eigenvalue weighted by Crippen LogP contribution is 2.05. The average molecular weight is 141 g/mol. The van der Waals surface area contributed by atoms with Crippen LogP contribution in [-0.4, -0.2) is 6.04 Å². The van der Waals surface area contributed by atoms with Crippen LogP contribution in [0.1, 0.15) is 33.6 Å². The van der Waals surface area contributed by atoms with Crippen LogP contribution >= 0.6 is 0 Å². The summed E-state index contributed by atoms with van der Waals surface area (Å²) in [6.45, 7) is 6.38. The first-order valence-corrected chi connectivity index (χ1v) is 4.05. The molecule has 0 saturated carbocycles. The van der Waals surface area contributed by atoms with Crippen molar-refractivity contribution in [1.29, 1.82) is 0 Å². The standard InChI is InChI=1S/C9H19N/c1-4-5-6-7-9(10)8(2)3/h4-5,8-9H,6-7,10H2,1-3H3/b5-4-. The third-order valence-electron chi connectivity index (χ3n) is 1.76. The highest BCUT2D eigenvalue weighted by atomic mass is 14.6. The molecule has 0 heterocycles. The molecule has 0 fully saturated rings. The molecule has 1 heteroatoms. The van der Waals surface area contributed by atoms with Crippen LogP contribution in [0.25, 0.3) is 0 Å². The molecule has 0 amide bonds. The van der Waals surface area contributed by atoms with E-state index in [4.69, 9.17) is 5.73 Å². The summed E-state index contributed by atoms with van der Waals surface area (Å²) in [5.74, 6) is 0.616. The van der Waals surface area contributed by atoms with Crippen molar-refractivity contribution in [2.24, 2.45) is 11.7 Å². The van der Waals surface area contributed by atoms with E-state index >= 15 is 0 Å². The van der Waals surface area contributed by atoms with E-state index in [1.54, 1.807) is 0 Å². The van der Waals surface area contributed by atoms with Gasteiger partial charge in [0.15, 0.2) is 0 Å². The first-order chi connectivity index (χ1) is 4.68. The van der Waals surface area contributed by atoms with Crippen LogP contribution in [0.5, 0.6) is 0 Å². The van der Waals surface area contributed by atoms with E-state index in [0.717, 1.165) is 12.8 Å². The summed E-state index contributed by atoms with van der Waals surface area (Å²) in [7, 11) is 0. The molecule has 0 aliphatic heterocycles. The fraction of sp³-hybridized carbons (Fsp3) is 0.778. The molecule has 2 N–H and O–H groups in total. The second-order valence-corrected chi connectivity index (χ2v) is 3.05. The normalized spacial score (nSPS) is 14.9. The van der Waals surface area contributed by atoms with Crippen molar-refractivity contribution in [1.82, 2.24) is 0 Å². The van der Waals surface area contributed by atoms with Gasteiger partial charge in [0, 0.05) is 6.04 Å². The molecular formula is C9H19N. The third-order valence-corrected chi connectivity index (χ3v) is 1.76. The van der Waals surface area contributed by atoms with Gasteiger partial charge in [-0.25, -0.2) is 0 Å². The second-order valence-electron chi connectivity index (χ2n) is 3.05. The minimum absolute atomic E-state index is 0.371. The average Bonchev–Trinajstić information content (AvgIpc) is 1.88. The van der Waals surface area contributed by atoms with Gasteiger partial charge in [-0.15, -0.1) is 0 Å². The van der Waals surface area contributed by atoms with E-state index in [0.29, 0.717) is 12.0 Å². The summed E-state index contributed by atoms with van der Waals surface area (Å²) in [4.78, 5) is 0. The van der Waals surface area contributed by atoms with Crippen molar-refractivity contribution in [3.05, 3.63) is 12.2 Å². The van der Waals surface area contributed by atoms with Crippen LogP contribution in [0.2, 0.25) is 0 Å². The van der Waals surface area contributed by atoms with E-state index in [2.05, 4.69) is 26.0 Å². The van der Waals surface area contributed by atoms with E-state index < -0.39 is 0 Å². The molecule has 0 aromatic heterocycles. The van der Waals surface area contributed by atoms with Crippen LogP contribution in [-0.2, 0) is 0 Å². The van der Waals surface area contributed by atoms with Crippen molar-refractivity contribution >= 4 is 0 Å². The molecule has 0 radical (unpaired) electrons. The Labute approximate surface area is 64.3 Å². The van der Waals surface area contributed by atoms with E-state index in [1.807, 2.05) is 6.92 Å². The van der Waals surface area contributed by atoms with Gasteiger partial charge in [0.25, 0.3) is 0 Å². The zero-order valence-corrected chi connectivity index (χ0v) is 7.30. The fourth-order valence-electron chi connectivity index (χ4n) is 0.789. The molecule has 0 aromatic rings. The fourth-order valence-corrected chi connectivity index (χ4v) is 0.789. The quantitative estimate of drug-likeness (QED) is 0.597. The maximum Gasteiger partial charge on any atom is 0.00648 e. The van der Waals surface area contributed by atoms with Crippen LogP contribution in [0.15, 0.2) is 12.2 Å². The number of hydrogen-bond donors (Lipinski definition) is 1. The smallest absolute Gasteiger partial charge is 0.00648 e. The van der Waals surface area contributed by atoms with Crippen LogP contribution < -0.4 is 5.73 Å². The van der Waals surface area contributed by atoms with Crippen LogP contribution in [0, 0.1) is 5.92 Å². The minimum atomic E-state index is 0.371. The van der Waals surface area contributed by atoms with Crippen molar-refractivity contribution in [2.75, 3.05) is 0 Å². The molecule has 0 aliphatic carbocycles. The van der Waals surface area contributed by atoms with Crippen LogP contribution in [0.4, 0.5) is 0 Å². The zero-order chi connectivity index (χ0) is 7.98. The Morgan fingerprint density at radius 3 is 2.40 bits per heavy atom. The van der Waals surface area contributed by atoms with Gasteiger partial charge >= 0.3 is 0 Å². The Balaban J connectivity index is 3.30. The molecular weight excluding hydrogens is 122 g/mol. The maximum absolute atomic E-state index is 5.82. The largest absolute Gasteiger partial charge is 0.327 e. The first kappa shape index (κ1) is 9.70. The van der Waals surface area contributed by atoms with Gasteiger partial charge in [0.05, 0.1) is 0 Å². The SMILES string of the molecule is C/C=C\CCC(N)C(C)C. The Morgan fingerprint density at radius 2 is 2.00 bits per heavy atom. The zero-order valence-electron chi connectivity index (χ0n) is 7.30. The molecule has 0 aliphatic rings. The number of allylic oxidation sites excluding steroid dienone is 2.